The van der Waals surface area contributed by atoms with Crippen molar-refractivity contribution in [2.75, 3.05) is 18.8 Å². The minimum absolute atomic E-state index is 0.0574. The number of carbonyl (C=O) groups is 1. The summed E-state index contributed by atoms with van der Waals surface area (Å²) in [5, 5.41) is 9.41. The maximum atomic E-state index is 12.3. The third-order valence-electron chi connectivity index (χ3n) is 3.47. The van der Waals surface area contributed by atoms with Crippen molar-refractivity contribution in [3.63, 3.8) is 0 Å². The fourth-order valence-corrected chi connectivity index (χ4v) is 3.16. The Hall–Kier alpha value is -1.79. The fourth-order valence-electron chi connectivity index (χ4n) is 2.15. The van der Waals surface area contributed by atoms with Crippen LogP contribution in [0.2, 0.25) is 5.02 Å². The van der Waals surface area contributed by atoms with Gasteiger partial charge in [-0.1, -0.05) is 41.6 Å². The van der Waals surface area contributed by atoms with Crippen LogP contribution in [0.1, 0.15) is 19.4 Å². The van der Waals surface area contributed by atoms with Gasteiger partial charge in [0.05, 0.1) is 11.4 Å². The number of rotatable bonds is 7. The Labute approximate surface area is 151 Å². The number of hydrogen-bond donors (Lipinski definition) is 0. The van der Waals surface area contributed by atoms with Gasteiger partial charge in [-0.05, 0) is 38.5 Å². The van der Waals surface area contributed by atoms with E-state index in [1.165, 1.54) is 11.8 Å². The first-order valence-corrected chi connectivity index (χ1v) is 9.00. The number of amides is 1. The van der Waals surface area contributed by atoms with Gasteiger partial charge in [0.2, 0.25) is 5.91 Å². The molecule has 0 fully saturated rings. The molecule has 0 aliphatic carbocycles. The molecule has 1 aromatic carbocycles. The SMILES string of the molecule is C=C(C)CN(CC)C(=O)CSc1nncn1-c1ccc(C)c(Cl)c1. The van der Waals surface area contributed by atoms with Crippen molar-refractivity contribution >= 4 is 29.3 Å². The molecule has 2 rings (SSSR count). The summed E-state index contributed by atoms with van der Waals surface area (Å²) in [5.74, 6) is 0.362. The highest BCUT2D eigenvalue weighted by molar-refractivity contribution is 7.99. The highest BCUT2D eigenvalue weighted by Gasteiger charge is 2.15. The molecular weight excluding hydrogens is 344 g/mol. The smallest absolute Gasteiger partial charge is 0.233 e. The largest absolute Gasteiger partial charge is 0.338 e. The van der Waals surface area contributed by atoms with Crippen LogP contribution >= 0.6 is 23.4 Å². The van der Waals surface area contributed by atoms with Crippen molar-refractivity contribution in [1.82, 2.24) is 19.7 Å². The van der Waals surface area contributed by atoms with Crippen molar-refractivity contribution in [3.05, 3.63) is 47.3 Å². The minimum atomic E-state index is 0.0574. The Morgan fingerprint density at radius 1 is 1.46 bits per heavy atom. The number of nitrogens with zero attached hydrogens (tertiary/aromatic N) is 4. The zero-order valence-electron chi connectivity index (χ0n) is 14.1. The summed E-state index contributed by atoms with van der Waals surface area (Å²) in [4.78, 5) is 14.1. The van der Waals surface area contributed by atoms with E-state index in [4.69, 9.17) is 11.6 Å². The first-order valence-electron chi connectivity index (χ1n) is 7.63. The van der Waals surface area contributed by atoms with Gasteiger partial charge in [-0.25, -0.2) is 0 Å². The molecular formula is C17H21ClN4OS. The molecule has 0 radical (unpaired) electrons. The van der Waals surface area contributed by atoms with Crippen molar-refractivity contribution in [2.45, 2.75) is 25.9 Å². The number of carbonyl (C=O) groups excluding carboxylic acids is 1. The standard InChI is InChI=1S/C17H21ClN4OS/c1-5-21(9-12(2)3)16(23)10-24-17-20-19-11-22(17)14-7-6-13(4)15(18)8-14/h6-8,11H,2,5,9-10H2,1,3-4H3. The molecule has 24 heavy (non-hydrogen) atoms. The Morgan fingerprint density at radius 3 is 2.83 bits per heavy atom. The van der Waals surface area contributed by atoms with Crippen LogP contribution in [0.25, 0.3) is 5.69 Å². The Balaban J connectivity index is 2.09. The van der Waals surface area contributed by atoms with Gasteiger partial charge in [-0.15, -0.1) is 10.2 Å². The molecule has 0 saturated carbocycles. The molecule has 1 aromatic heterocycles. The topological polar surface area (TPSA) is 51.0 Å². The third kappa shape index (κ3) is 4.61. The zero-order chi connectivity index (χ0) is 17.7. The van der Waals surface area contributed by atoms with Gasteiger partial charge in [0.25, 0.3) is 0 Å². The minimum Gasteiger partial charge on any atom is -0.338 e. The molecule has 0 spiro atoms. The lowest BCUT2D eigenvalue weighted by Crippen LogP contribution is -2.33. The van der Waals surface area contributed by atoms with Crippen LogP contribution in [0.3, 0.4) is 0 Å². The van der Waals surface area contributed by atoms with E-state index >= 15 is 0 Å². The lowest BCUT2D eigenvalue weighted by atomic mass is 10.2. The number of thioether (sulfide) groups is 1. The van der Waals surface area contributed by atoms with Crippen LogP contribution in [0.5, 0.6) is 0 Å². The molecule has 128 valence electrons. The lowest BCUT2D eigenvalue weighted by Gasteiger charge is -2.20. The number of aryl methyl sites for hydroxylation is 1. The molecule has 0 aliphatic heterocycles. The zero-order valence-corrected chi connectivity index (χ0v) is 15.7. The van der Waals surface area contributed by atoms with E-state index in [0.29, 0.717) is 29.0 Å². The van der Waals surface area contributed by atoms with E-state index in [1.54, 1.807) is 11.2 Å². The van der Waals surface area contributed by atoms with Crippen LogP contribution in [0.15, 0.2) is 41.8 Å². The average molecular weight is 365 g/mol. The summed E-state index contributed by atoms with van der Waals surface area (Å²) in [5.41, 5.74) is 2.85. The monoisotopic (exact) mass is 364 g/mol. The number of likely N-dealkylation sites (N-methyl/N-ethyl adjacent to an activating group) is 1. The molecule has 2 aromatic rings. The van der Waals surface area contributed by atoms with Gasteiger partial charge >= 0.3 is 0 Å². The molecule has 0 aliphatic rings. The molecule has 1 amide bonds. The first-order chi connectivity index (χ1) is 11.4. The van der Waals surface area contributed by atoms with Crippen molar-refractivity contribution < 1.29 is 4.79 Å². The predicted octanol–water partition coefficient (Wildman–Crippen LogP) is 3.75. The summed E-state index contributed by atoms with van der Waals surface area (Å²) in [7, 11) is 0. The normalized spacial score (nSPS) is 10.7. The van der Waals surface area contributed by atoms with Gasteiger partial charge in [0, 0.05) is 18.1 Å². The molecule has 0 unspecified atom stereocenters. The van der Waals surface area contributed by atoms with Gasteiger partial charge in [0.1, 0.15) is 6.33 Å². The maximum Gasteiger partial charge on any atom is 0.233 e. The summed E-state index contributed by atoms with van der Waals surface area (Å²) in [6, 6.07) is 5.77. The van der Waals surface area contributed by atoms with Crippen LogP contribution in [0, 0.1) is 6.92 Å². The number of hydrogen-bond acceptors (Lipinski definition) is 4. The van der Waals surface area contributed by atoms with Gasteiger partial charge < -0.3 is 4.90 Å². The maximum absolute atomic E-state index is 12.3. The molecule has 0 N–H and O–H groups in total. The Kier molecular flexibility index (Phi) is 6.45. The number of aromatic nitrogens is 3. The molecule has 7 heteroatoms. The van der Waals surface area contributed by atoms with E-state index in [0.717, 1.165) is 16.8 Å². The summed E-state index contributed by atoms with van der Waals surface area (Å²) in [6.45, 7) is 10.9. The van der Waals surface area contributed by atoms with Gasteiger partial charge in [0.15, 0.2) is 5.16 Å². The van der Waals surface area contributed by atoms with Crippen molar-refractivity contribution in [3.8, 4) is 5.69 Å². The first kappa shape index (κ1) is 18.5. The predicted molar refractivity (Wildman–Crippen MR) is 98.9 cm³/mol. The highest BCUT2D eigenvalue weighted by Crippen LogP contribution is 2.24. The summed E-state index contributed by atoms with van der Waals surface area (Å²) < 4.78 is 1.83. The van der Waals surface area contributed by atoms with E-state index in [-0.39, 0.29) is 5.91 Å². The summed E-state index contributed by atoms with van der Waals surface area (Å²) in [6.07, 6.45) is 1.62. The summed E-state index contributed by atoms with van der Waals surface area (Å²) >= 11 is 7.55. The van der Waals surface area contributed by atoms with E-state index in [1.807, 2.05) is 43.5 Å². The molecule has 0 saturated heterocycles. The van der Waals surface area contributed by atoms with Crippen molar-refractivity contribution in [1.29, 1.82) is 0 Å². The molecule has 1 heterocycles. The van der Waals surface area contributed by atoms with E-state index in [2.05, 4.69) is 16.8 Å². The van der Waals surface area contributed by atoms with Crippen LogP contribution in [-0.2, 0) is 4.79 Å². The van der Waals surface area contributed by atoms with Crippen LogP contribution in [-0.4, -0.2) is 44.4 Å². The Bertz CT molecular complexity index is 744. The van der Waals surface area contributed by atoms with Gasteiger partial charge in [-0.2, -0.15) is 0 Å². The average Bonchev–Trinajstić information content (AvgIpc) is 3.01. The second-order valence-corrected chi connectivity index (χ2v) is 6.92. The number of halogens is 1. The number of benzene rings is 1. The van der Waals surface area contributed by atoms with Crippen LogP contribution in [0.4, 0.5) is 0 Å². The second-order valence-electron chi connectivity index (χ2n) is 5.57. The highest BCUT2D eigenvalue weighted by atomic mass is 35.5. The molecule has 0 bridgehead atoms. The lowest BCUT2D eigenvalue weighted by molar-refractivity contribution is -0.127. The molecule has 5 nitrogen and oxygen atoms in total. The quantitative estimate of drug-likeness (QED) is 0.554. The van der Waals surface area contributed by atoms with E-state index in [9.17, 15) is 4.79 Å². The Morgan fingerprint density at radius 2 is 2.21 bits per heavy atom. The van der Waals surface area contributed by atoms with Gasteiger partial charge in [-0.3, -0.25) is 9.36 Å². The third-order valence-corrected chi connectivity index (χ3v) is 4.81. The second kappa shape index (κ2) is 8.35. The molecule has 0 atom stereocenters. The van der Waals surface area contributed by atoms with Crippen molar-refractivity contribution in [2.24, 2.45) is 0 Å². The van der Waals surface area contributed by atoms with Crippen LogP contribution < -0.4 is 0 Å². The van der Waals surface area contributed by atoms with E-state index < -0.39 is 0 Å². The fraction of sp³-hybridized carbons (Fsp3) is 0.353.